The second-order valence-electron chi connectivity index (χ2n) is 6.30. The van der Waals surface area contributed by atoms with E-state index >= 15 is 0 Å². The van der Waals surface area contributed by atoms with Crippen LogP contribution in [-0.2, 0) is 6.54 Å². The molecule has 2 aliphatic heterocycles. The summed E-state index contributed by atoms with van der Waals surface area (Å²) in [4.78, 5) is 7.22. The van der Waals surface area contributed by atoms with E-state index in [1.54, 1.807) is 7.11 Å². The van der Waals surface area contributed by atoms with E-state index in [-0.39, 0.29) is 0 Å². The Hall–Kier alpha value is -1.13. The number of likely N-dealkylation sites (tertiary alicyclic amines) is 1. The largest absolute Gasteiger partial charge is 0.496 e. The number of hydrogen-bond acceptors (Lipinski definition) is 4. The maximum absolute atomic E-state index is 5.51. The maximum Gasteiger partial charge on any atom is 0.128 e. The number of rotatable bonds is 3. The molecule has 20 heavy (non-hydrogen) atoms. The van der Waals surface area contributed by atoms with Gasteiger partial charge < -0.3 is 10.1 Å². The molecule has 3 unspecified atom stereocenters. The fourth-order valence-electron chi connectivity index (χ4n) is 3.89. The van der Waals surface area contributed by atoms with Gasteiger partial charge in [-0.05, 0) is 45.7 Å². The third-order valence-corrected chi connectivity index (χ3v) is 5.16. The van der Waals surface area contributed by atoms with Crippen LogP contribution < -0.4 is 10.1 Å². The van der Waals surface area contributed by atoms with Crippen molar-refractivity contribution in [2.24, 2.45) is 11.8 Å². The highest BCUT2D eigenvalue weighted by atomic mass is 16.5. The summed E-state index contributed by atoms with van der Waals surface area (Å²) < 4.78 is 5.51. The molecular weight excluding hydrogens is 250 g/mol. The average Bonchev–Trinajstić information content (AvgIpc) is 2.98. The predicted octanol–water partition coefficient (Wildman–Crippen LogP) is 1.75. The lowest BCUT2D eigenvalue weighted by Gasteiger charge is -2.25. The Morgan fingerprint density at radius 3 is 2.90 bits per heavy atom. The highest BCUT2D eigenvalue weighted by Crippen LogP contribution is 2.34. The van der Waals surface area contributed by atoms with E-state index in [1.165, 1.54) is 25.2 Å². The van der Waals surface area contributed by atoms with Crippen LogP contribution in [0.2, 0.25) is 0 Å². The topological polar surface area (TPSA) is 37.4 Å². The number of aromatic nitrogens is 1. The van der Waals surface area contributed by atoms with Crippen molar-refractivity contribution < 1.29 is 4.74 Å². The molecule has 2 aliphatic rings. The normalized spacial score (nSPS) is 29.7. The first kappa shape index (κ1) is 13.8. The molecule has 0 amide bonds. The standard InChI is InChI=1S/C16H25N3O/c1-10-5-18-15(11(2)16(10)20-4)9-19-8-13-6-17-7-14(13)12(19)3/h5,12-14,17H,6-9H2,1-4H3. The van der Waals surface area contributed by atoms with Gasteiger partial charge in [-0.25, -0.2) is 0 Å². The molecule has 3 atom stereocenters. The van der Waals surface area contributed by atoms with Crippen LogP contribution in [0, 0.1) is 25.7 Å². The number of aryl methyl sites for hydroxylation is 1. The summed E-state index contributed by atoms with van der Waals surface area (Å²) in [5, 5.41) is 3.51. The minimum atomic E-state index is 0.642. The lowest BCUT2D eigenvalue weighted by atomic mass is 9.95. The number of ether oxygens (including phenoxy) is 1. The molecule has 0 aromatic carbocycles. The summed E-state index contributed by atoms with van der Waals surface area (Å²) in [5.41, 5.74) is 3.46. The van der Waals surface area contributed by atoms with Crippen LogP contribution in [0.3, 0.4) is 0 Å². The molecule has 2 fully saturated rings. The van der Waals surface area contributed by atoms with Crippen molar-refractivity contribution in [1.82, 2.24) is 15.2 Å². The highest BCUT2D eigenvalue weighted by molar-refractivity contribution is 5.41. The summed E-state index contributed by atoms with van der Waals surface area (Å²) in [6.45, 7) is 11.0. The van der Waals surface area contributed by atoms with Crippen LogP contribution in [0.25, 0.3) is 0 Å². The Morgan fingerprint density at radius 2 is 2.20 bits per heavy atom. The molecular formula is C16H25N3O. The van der Waals surface area contributed by atoms with E-state index in [2.05, 4.69) is 36.0 Å². The SMILES string of the molecule is COc1c(C)cnc(CN2CC3CNCC3C2C)c1C. The number of methoxy groups -OCH3 is 1. The van der Waals surface area contributed by atoms with Crippen molar-refractivity contribution in [3.8, 4) is 5.75 Å². The van der Waals surface area contributed by atoms with Crippen LogP contribution in [0.5, 0.6) is 5.75 Å². The monoisotopic (exact) mass is 275 g/mol. The van der Waals surface area contributed by atoms with Gasteiger partial charge in [0.1, 0.15) is 5.75 Å². The summed E-state index contributed by atoms with van der Waals surface area (Å²) >= 11 is 0. The molecule has 0 bridgehead atoms. The molecule has 4 heteroatoms. The molecule has 0 spiro atoms. The first-order chi connectivity index (χ1) is 9.61. The lowest BCUT2D eigenvalue weighted by molar-refractivity contribution is 0.228. The van der Waals surface area contributed by atoms with Crippen LogP contribution in [0.4, 0.5) is 0 Å². The van der Waals surface area contributed by atoms with Crippen LogP contribution in [0.1, 0.15) is 23.7 Å². The van der Waals surface area contributed by atoms with Crippen LogP contribution in [0.15, 0.2) is 6.20 Å². The second kappa shape index (κ2) is 5.34. The van der Waals surface area contributed by atoms with Crippen molar-refractivity contribution in [2.45, 2.75) is 33.4 Å². The van der Waals surface area contributed by atoms with E-state index in [9.17, 15) is 0 Å². The number of nitrogens with one attached hydrogen (secondary N) is 1. The first-order valence-electron chi connectivity index (χ1n) is 7.55. The third kappa shape index (κ3) is 2.21. The maximum atomic E-state index is 5.51. The van der Waals surface area contributed by atoms with Crippen molar-refractivity contribution in [3.05, 3.63) is 23.0 Å². The summed E-state index contributed by atoms with van der Waals surface area (Å²) in [6.07, 6.45) is 1.93. The molecule has 0 saturated carbocycles. The summed E-state index contributed by atoms with van der Waals surface area (Å²) in [5.74, 6) is 2.61. The summed E-state index contributed by atoms with van der Waals surface area (Å²) in [7, 11) is 1.74. The van der Waals surface area contributed by atoms with Gasteiger partial charge in [0.15, 0.2) is 0 Å². The van der Waals surface area contributed by atoms with Crippen LogP contribution >= 0.6 is 0 Å². The number of nitrogens with zero attached hydrogens (tertiary/aromatic N) is 2. The Kier molecular flexibility index (Phi) is 3.69. The first-order valence-corrected chi connectivity index (χ1v) is 7.55. The van der Waals surface area contributed by atoms with E-state index in [1.807, 2.05) is 6.20 Å². The fourth-order valence-corrected chi connectivity index (χ4v) is 3.89. The Balaban J connectivity index is 1.79. The predicted molar refractivity (Wildman–Crippen MR) is 80.0 cm³/mol. The molecule has 1 N–H and O–H groups in total. The van der Waals surface area contributed by atoms with Gasteiger partial charge in [0.2, 0.25) is 0 Å². The minimum Gasteiger partial charge on any atom is -0.496 e. The highest BCUT2D eigenvalue weighted by Gasteiger charge is 2.41. The second-order valence-corrected chi connectivity index (χ2v) is 6.30. The number of pyridine rings is 1. The molecule has 3 heterocycles. The molecule has 110 valence electrons. The molecule has 4 nitrogen and oxygen atoms in total. The Bertz CT molecular complexity index is 503. The van der Waals surface area contributed by atoms with Crippen molar-refractivity contribution in [1.29, 1.82) is 0 Å². The van der Waals surface area contributed by atoms with Gasteiger partial charge >= 0.3 is 0 Å². The molecule has 1 aromatic heterocycles. The van der Waals surface area contributed by atoms with Gasteiger partial charge in [0.25, 0.3) is 0 Å². The smallest absolute Gasteiger partial charge is 0.128 e. The third-order valence-electron chi connectivity index (χ3n) is 5.16. The molecule has 0 aliphatic carbocycles. The molecule has 1 aromatic rings. The van der Waals surface area contributed by atoms with Gasteiger partial charge in [-0.1, -0.05) is 0 Å². The zero-order valence-electron chi connectivity index (χ0n) is 12.9. The van der Waals surface area contributed by atoms with Crippen molar-refractivity contribution >= 4 is 0 Å². The summed E-state index contributed by atoms with van der Waals surface area (Å²) in [6, 6.07) is 0.642. The van der Waals surface area contributed by atoms with Crippen LogP contribution in [-0.4, -0.2) is 42.7 Å². The lowest BCUT2D eigenvalue weighted by Crippen LogP contribution is -2.33. The molecule has 2 saturated heterocycles. The van der Waals surface area contributed by atoms with E-state index in [4.69, 9.17) is 4.74 Å². The molecule has 0 radical (unpaired) electrons. The van der Waals surface area contributed by atoms with Gasteiger partial charge in [-0.2, -0.15) is 0 Å². The fraction of sp³-hybridized carbons (Fsp3) is 0.688. The quantitative estimate of drug-likeness (QED) is 0.912. The van der Waals surface area contributed by atoms with Gasteiger partial charge in [0, 0.05) is 36.5 Å². The Labute approximate surface area is 121 Å². The zero-order chi connectivity index (χ0) is 14.3. The van der Waals surface area contributed by atoms with Gasteiger partial charge in [-0.15, -0.1) is 0 Å². The number of hydrogen-bond donors (Lipinski definition) is 1. The van der Waals surface area contributed by atoms with E-state index in [0.717, 1.165) is 35.4 Å². The van der Waals surface area contributed by atoms with Crippen molar-refractivity contribution in [2.75, 3.05) is 26.7 Å². The van der Waals surface area contributed by atoms with Crippen molar-refractivity contribution in [3.63, 3.8) is 0 Å². The van der Waals surface area contributed by atoms with Gasteiger partial charge in [0.05, 0.1) is 12.8 Å². The van der Waals surface area contributed by atoms with E-state index in [0.29, 0.717) is 6.04 Å². The van der Waals surface area contributed by atoms with E-state index < -0.39 is 0 Å². The van der Waals surface area contributed by atoms with Gasteiger partial charge in [-0.3, -0.25) is 9.88 Å². The zero-order valence-corrected chi connectivity index (χ0v) is 12.9. The number of fused-ring (bicyclic) bond motifs is 1. The minimum absolute atomic E-state index is 0.642. The molecule has 3 rings (SSSR count). The average molecular weight is 275 g/mol. The Morgan fingerprint density at radius 1 is 1.40 bits per heavy atom.